The number of hydrogen-bond acceptors (Lipinski definition) is 6. The van der Waals surface area contributed by atoms with E-state index in [0.29, 0.717) is 22.7 Å². The van der Waals surface area contributed by atoms with E-state index in [2.05, 4.69) is 25.6 Å². The number of nitrogen functional groups attached to an aromatic ring is 1. The van der Waals surface area contributed by atoms with Crippen molar-refractivity contribution >= 4 is 37.5 Å². The van der Waals surface area contributed by atoms with Crippen molar-refractivity contribution in [3.05, 3.63) is 28.9 Å². The molecule has 0 saturated heterocycles. The van der Waals surface area contributed by atoms with E-state index in [1.54, 1.807) is 24.4 Å². The number of aromatic nitrogens is 1. The van der Waals surface area contributed by atoms with Gasteiger partial charge in [-0.1, -0.05) is 0 Å². The number of nitrogens with one attached hydrogen (secondary N) is 1. The molecule has 0 amide bonds. The van der Waals surface area contributed by atoms with Crippen LogP contribution in [0.25, 0.3) is 11.1 Å². The van der Waals surface area contributed by atoms with Crippen molar-refractivity contribution in [3.8, 4) is 22.6 Å². The van der Waals surface area contributed by atoms with Crippen LogP contribution >= 0.6 is 15.9 Å². The largest absolute Gasteiger partial charge is 0.493 e. The van der Waals surface area contributed by atoms with Crippen LogP contribution in [0.5, 0.6) is 11.5 Å². The molecule has 0 aliphatic rings. The molecule has 23 heavy (non-hydrogen) atoms. The second kappa shape index (κ2) is 6.63. The van der Waals surface area contributed by atoms with Crippen LogP contribution in [0.15, 0.2) is 28.9 Å². The third kappa shape index (κ3) is 4.05. The van der Waals surface area contributed by atoms with E-state index < -0.39 is 10.0 Å². The van der Waals surface area contributed by atoms with Gasteiger partial charge in [-0.05, 0) is 39.7 Å². The molecule has 0 spiro atoms. The molecule has 0 saturated carbocycles. The van der Waals surface area contributed by atoms with E-state index in [1.165, 1.54) is 14.2 Å². The van der Waals surface area contributed by atoms with E-state index in [1.807, 2.05) is 0 Å². The Balaban J connectivity index is 2.70. The number of nitrogens with zero attached hydrogens (tertiary/aromatic N) is 1. The quantitative estimate of drug-likeness (QED) is 0.797. The SMILES string of the molecule is COc1cc(-c2cc(Br)cnc2N)cc(NS(C)(=O)=O)c1OC. The predicted octanol–water partition coefficient (Wildman–Crippen LogP) is 2.48. The molecule has 3 N–H and O–H groups in total. The summed E-state index contributed by atoms with van der Waals surface area (Å²) in [7, 11) is -0.596. The summed E-state index contributed by atoms with van der Waals surface area (Å²) in [6, 6.07) is 5.10. The third-order valence-electron chi connectivity index (χ3n) is 2.97. The Bertz CT molecular complexity index is 840. The van der Waals surface area contributed by atoms with Gasteiger partial charge in [-0.25, -0.2) is 13.4 Å². The Morgan fingerprint density at radius 2 is 1.91 bits per heavy atom. The van der Waals surface area contributed by atoms with Crippen molar-refractivity contribution in [1.82, 2.24) is 4.98 Å². The maximum atomic E-state index is 11.6. The molecule has 124 valence electrons. The highest BCUT2D eigenvalue weighted by Gasteiger charge is 2.17. The second-order valence-corrected chi connectivity index (χ2v) is 7.38. The highest BCUT2D eigenvalue weighted by atomic mass is 79.9. The number of ether oxygens (including phenoxy) is 2. The summed E-state index contributed by atoms with van der Waals surface area (Å²) >= 11 is 3.34. The van der Waals surface area contributed by atoms with Gasteiger partial charge in [-0.15, -0.1) is 0 Å². The zero-order valence-electron chi connectivity index (χ0n) is 12.8. The predicted molar refractivity (Wildman–Crippen MR) is 93.4 cm³/mol. The molecule has 9 heteroatoms. The van der Waals surface area contributed by atoms with Crippen LogP contribution in [-0.2, 0) is 10.0 Å². The van der Waals surface area contributed by atoms with Crippen LogP contribution in [0.1, 0.15) is 0 Å². The summed E-state index contributed by atoms with van der Waals surface area (Å²) in [5.74, 6) is 0.962. The number of nitrogens with two attached hydrogens (primary N) is 1. The van der Waals surface area contributed by atoms with Gasteiger partial charge in [0.15, 0.2) is 11.5 Å². The van der Waals surface area contributed by atoms with Crippen molar-refractivity contribution in [2.45, 2.75) is 0 Å². The van der Waals surface area contributed by atoms with E-state index in [9.17, 15) is 8.42 Å². The average Bonchev–Trinajstić information content (AvgIpc) is 2.47. The van der Waals surface area contributed by atoms with Gasteiger partial charge in [-0.2, -0.15) is 0 Å². The standard InChI is InChI=1S/C14H16BrN3O4S/c1-21-12-5-8(10-6-9(15)7-17-14(10)16)4-11(13(12)22-2)18-23(3,19)20/h4-7,18H,1-3H3,(H2,16,17). The van der Waals surface area contributed by atoms with Crippen LogP contribution in [0.2, 0.25) is 0 Å². The monoisotopic (exact) mass is 401 g/mol. The first-order valence-electron chi connectivity index (χ1n) is 6.40. The van der Waals surface area contributed by atoms with Gasteiger partial charge in [0.2, 0.25) is 10.0 Å². The summed E-state index contributed by atoms with van der Waals surface area (Å²) in [6.07, 6.45) is 2.63. The lowest BCUT2D eigenvalue weighted by Gasteiger charge is -2.16. The fourth-order valence-corrected chi connectivity index (χ4v) is 2.96. The van der Waals surface area contributed by atoms with E-state index in [-0.39, 0.29) is 11.4 Å². The summed E-state index contributed by atoms with van der Waals surface area (Å²) in [5.41, 5.74) is 7.45. The lowest BCUT2D eigenvalue weighted by Crippen LogP contribution is -2.11. The Labute approximate surface area is 143 Å². The molecule has 0 aliphatic carbocycles. The number of methoxy groups -OCH3 is 2. The number of benzene rings is 1. The summed E-state index contributed by atoms with van der Waals surface area (Å²) in [5, 5.41) is 0. The number of hydrogen-bond donors (Lipinski definition) is 2. The molecule has 0 unspecified atom stereocenters. The molecular formula is C14H16BrN3O4S. The molecule has 7 nitrogen and oxygen atoms in total. The summed E-state index contributed by atoms with van der Waals surface area (Å²) in [6.45, 7) is 0. The van der Waals surface area contributed by atoms with Crippen LogP contribution in [-0.4, -0.2) is 33.9 Å². The van der Waals surface area contributed by atoms with Gasteiger partial charge in [0.1, 0.15) is 5.82 Å². The van der Waals surface area contributed by atoms with E-state index >= 15 is 0 Å². The Morgan fingerprint density at radius 1 is 1.22 bits per heavy atom. The molecule has 0 aliphatic heterocycles. The van der Waals surface area contributed by atoms with Gasteiger partial charge in [0, 0.05) is 16.2 Å². The van der Waals surface area contributed by atoms with Crippen molar-refractivity contribution in [2.24, 2.45) is 0 Å². The highest BCUT2D eigenvalue weighted by Crippen LogP contribution is 2.41. The molecule has 0 radical (unpaired) electrons. The number of sulfonamides is 1. The van der Waals surface area contributed by atoms with Gasteiger partial charge in [0.05, 0.1) is 26.2 Å². The minimum absolute atomic E-state index is 0.253. The van der Waals surface area contributed by atoms with E-state index in [4.69, 9.17) is 15.2 Å². The molecular weight excluding hydrogens is 386 g/mol. The number of pyridine rings is 1. The fourth-order valence-electron chi connectivity index (χ4n) is 2.08. The normalized spacial score (nSPS) is 11.1. The van der Waals surface area contributed by atoms with Gasteiger partial charge in [-0.3, -0.25) is 4.72 Å². The minimum Gasteiger partial charge on any atom is -0.493 e. The second-order valence-electron chi connectivity index (χ2n) is 4.72. The molecule has 1 aromatic carbocycles. The fraction of sp³-hybridized carbons (Fsp3) is 0.214. The van der Waals surface area contributed by atoms with Gasteiger partial charge in [0.25, 0.3) is 0 Å². The molecule has 2 aromatic rings. The highest BCUT2D eigenvalue weighted by molar-refractivity contribution is 9.10. The van der Waals surface area contributed by atoms with Crippen molar-refractivity contribution in [1.29, 1.82) is 0 Å². The molecule has 1 aromatic heterocycles. The van der Waals surface area contributed by atoms with Crippen LogP contribution in [0, 0.1) is 0 Å². The van der Waals surface area contributed by atoms with Crippen molar-refractivity contribution in [3.63, 3.8) is 0 Å². The first-order valence-corrected chi connectivity index (χ1v) is 9.09. The molecule has 2 rings (SSSR count). The zero-order valence-corrected chi connectivity index (χ0v) is 15.2. The molecule has 1 heterocycles. The maximum Gasteiger partial charge on any atom is 0.229 e. The van der Waals surface area contributed by atoms with Crippen LogP contribution in [0.3, 0.4) is 0 Å². The van der Waals surface area contributed by atoms with Crippen LogP contribution in [0.4, 0.5) is 11.5 Å². The first kappa shape index (κ1) is 17.4. The van der Waals surface area contributed by atoms with Gasteiger partial charge < -0.3 is 15.2 Å². The zero-order chi connectivity index (χ0) is 17.2. The molecule has 0 bridgehead atoms. The Morgan fingerprint density at radius 3 is 2.48 bits per heavy atom. The van der Waals surface area contributed by atoms with Gasteiger partial charge >= 0.3 is 0 Å². The Kier molecular flexibility index (Phi) is 5.00. The molecule has 0 fully saturated rings. The first-order chi connectivity index (χ1) is 10.7. The topological polar surface area (TPSA) is 104 Å². The number of halogens is 1. The maximum absolute atomic E-state index is 11.6. The summed E-state index contributed by atoms with van der Waals surface area (Å²) in [4.78, 5) is 4.08. The third-order valence-corrected chi connectivity index (χ3v) is 3.99. The average molecular weight is 402 g/mol. The van der Waals surface area contributed by atoms with Crippen molar-refractivity contribution < 1.29 is 17.9 Å². The Hall–Kier alpha value is -2.00. The lowest BCUT2D eigenvalue weighted by molar-refractivity contribution is 0.356. The smallest absolute Gasteiger partial charge is 0.229 e. The molecule has 0 atom stereocenters. The lowest BCUT2D eigenvalue weighted by atomic mass is 10.0. The van der Waals surface area contributed by atoms with E-state index in [0.717, 1.165) is 10.7 Å². The number of anilines is 2. The van der Waals surface area contributed by atoms with Crippen LogP contribution < -0.4 is 19.9 Å². The minimum atomic E-state index is -3.49. The van der Waals surface area contributed by atoms with Crippen molar-refractivity contribution in [2.75, 3.05) is 30.9 Å². The number of rotatable bonds is 5. The summed E-state index contributed by atoms with van der Waals surface area (Å²) < 4.78 is 36.9.